The number of carbonyl (C=O) groups excluding carboxylic acids is 1. The molecule has 1 aliphatic carbocycles. The molecule has 24 heavy (non-hydrogen) atoms. The molecule has 0 bridgehead atoms. The molecular formula is C18H15N3O2S. The Kier molecular flexibility index (Phi) is 3.61. The van der Waals surface area contributed by atoms with Gasteiger partial charge in [-0.3, -0.25) is 13.6 Å². The highest BCUT2D eigenvalue weighted by Crippen LogP contribution is 2.36. The highest BCUT2D eigenvalue weighted by Gasteiger charge is 2.20. The van der Waals surface area contributed by atoms with Gasteiger partial charge in [0.2, 0.25) is 5.16 Å². The predicted octanol–water partition coefficient (Wildman–Crippen LogP) is 2.47. The van der Waals surface area contributed by atoms with Crippen molar-refractivity contribution in [1.82, 2.24) is 14.8 Å². The Hall–Kier alpha value is -2.60. The van der Waals surface area contributed by atoms with Crippen molar-refractivity contribution in [2.75, 3.05) is 6.26 Å². The Morgan fingerprint density at radius 2 is 1.96 bits per heavy atom. The van der Waals surface area contributed by atoms with Crippen molar-refractivity contribution in [3.8, 4) is 11.1 Å². The zero-order chi connectivity index (χ0) is 16.7. The molecule has 0 radical (unpaired) electrons. The van der Waals surface area contributed by atoms with Crippen LogP contribution < -0.4 is 0 Å². The van der Waals surface area contributed by atoms with Gasteiger partial charge < -0.3 is 0 Å². The second kappa shape index (κ2) is 5.79. The second-order valence-electron chi connectivity index (χ2n) is 5.82. The first kappa shape index (κ1) is 15.0. The van der Waals surface area contributed by atoms with Crippen LogP contribution in [0.1, 0.15) is 21.5 Å². The Labute approximate surface area is 141 Å². The summed E-state index contributed by atoms with van der Waals surface area (Å²) < 4.78 is 13.2. The molecule has 1 atom stereocenters. The van der Waals surface area contributed by atoms with Gasteiger partial charge in [0.25, 0.3) is 0 Å². The van der Waals surface area contributed by atoms with E-state index in [0.717, 1.165) is 12.0 Å². The minimum atomic E-state index is -1.27. The van der Waals surface area contributed by atoms with E-state index in [-0.39, 0.29) is 12.3 Å². The summed E-state index contributed by atoms with van der Waals surface area (Å²) in [4.78, 5) is 12.6. The van der Waals surface area contributed by atoms with Crippen molar-refractivity contribution in [3.63, 3.8) is 0 Å². The summed E-state index contributed by atoms with van der Waals surface area (Å²) in [7, 11) is -1.27. The third-order valence-corrected chi connectivity index (χ3v) is 5.10. The van der Waals surface area contributed by atoms with Gasteiger partial charge >= 0.3 is 0 Å². The summed E-state index contributed by atoms with van der Waals surface area (Å²) in [5.41, 5.74) is 5.50. The van der Waals surface area contributed by atoms with Gasteiger partial charge in [-0.1, -0.05) is 36.4 Å². The maximum absolute atomic E-state index is 12.6. The van der Waals surface area contributed by atoms with Crippen LogP contribution in [-0.2, 0) is 23.8 Å². The highest BCUT2D eigenvalue weighted by molar-refractivity contribution is 7.84. The minimum absolute atomic E-state index is 0.0475. The molecule has 2 aromatic carbocycles. The number of benzene rings is 2. The van der Waals surface area contributed by atoms with E-state index < -0.39 is 10.8 Å². The molecule has 0 aliphatic heterocycles. The molecule has 4 rings (SSSR count). The lowest BCUT2D eigenvalue weighted by Gasteiger charge is -2.07. The fourth-order valence-corrected chi connectivity index (χ4v) is 3.72. The predicted molar refractivity (Wildman–Crippen MR) is 91.4 cm³/mol. The first-order valence-electron chi connectivity index (χ1n) is 7.59. The Bertz CT molecular complexity index is 978. The molecule has 0 saturated heterocycles. The topological polar surface area (TPSA) is 64.8 Å². The zero-order valence-corrected chi connectivity index (χ0v) is 13.9. The number of rotatable bonds is 4. The standard InChI is InChI=1S/C18H15N3O2S/c1-24(23)18-20-19-11-21(18)10-17(22)14-7-6-13-8-12-4-2-3-5-15(12)16(13)9-14/h2-7,9,11H,8,10H2,1H3/t24-/m1/s1. The molecule has 0 unspecified atom stereocenters. The van der Waals surface area contributed by atoms with Gasteiger partial charge in [-0.05, 0) is 34.7 Å². The van der Waals surface area contributed by atoms with Crippen molar-refractivity contribution < 1.29 is 9.00 Å². The lowest BCUT2D eigenvalue weighted by Crippen LogP contribution is -2.13. The number of fused-ring (bicyclic) bond motifs is 3. The summed E-state index contributed by atoms with van der Waals surface area (Å²) in [5, 5.41) is 7.87. The fourth-order valence-electron chi connectivity index (χ4n) is 3.12. The van der Waals surface area contributed by atoms with E-state index in [1.807, 2.05) is 30.3 Å². The van der Waals surface area contributed by atoms with Gasteiger partial charge in [0, 0.05) is 11.8 Å². The van der Waals surface area contributed by atoms with Crippen molar-refractivity contribution in [3.05, 3.63) is 65.5 Å². The van der Waals surface area contributed by atoms with Crippen LogP contribution in [0.5, 0.6) is 0 Å². The van der Waals surface area contributed by atoms with Gasteiger partial charge in [-0.25, -0.2) is 0 Å². The second-order valence-corrected chi connectivity index (χ2v) is 7.10. The van der Waals surface area contributed by atoms with Crippen molar-refractivity contribution in [2.24, 2.45) is 0 Å². The molecule has 3 aromatic rings. The highest BCUT2D eigenvalue weighted by atomic mass is 32.2. The maximum Gasteiger partial charge on any atom is 0.221 e. The van der Waals surface area contributed by atoms with Crippen LogP contribution in [0.2, 0.25) is 0 Å². The number of Topliss-reactive ketones (excluding diaryl/α,β-unsaturated/α-hetero) is 1. The Morgan fingerprint density at radius 1 is 1.17 bits per heavy atom. The van der Waals surface area contributed by atoms with E-state index in [1.54, 1.807) is 4.57 Å². The molecule has 1 heterocycles. The summed E-state index contributed by atoms with van der Waals surface area (Å²) in [6.45, 7) is 0.0857. The smallest absolute Gasteiger partial charge is 0.221 e. The van der Waals surface area contributed by atoms with Gasteiger partial charge in [0.05, 0.1) is 17.3 Å². The average molecular weight is 337 g/mol. The number of aromatic nitrogens is 3. The van der Waals surface area contributed by atoms with Crippen molar-refractivity contribution in [1.29, 1.82) is 0 Å². The Balaban J connectivity index is 1.66. The van der Waals surface area contributed by atoms with Crippen molar-refractivity contribution in [2.45, 2.75) is 18.1 Å². The van der Waals surface area contributed by atoms with E-state index in [0.29, 0.717) is 10.7 Å². The molecule has 0 fully saturated rings. The molecule has 0 saturated carbocycles. The summed E-state index contributed by atoms with van der Waals surface area (Å²) in [6, 6.07) is 14.1. The minimum Gasteiger partial charge on any atom is -0.299 e. The van der Waals surface area contributed by atoms with Crippen LogP contribution in [0.25, 0.3) is 11.1 Å². The SMILES string of the molecule is C[S@@](=O)c1nncn1CC(=O)c1ccc2c(c1)-c1ccccc1C2. The van der Waals surface area contributed by atoms with Gasteiger partial charge in [-0.2, -0.15) is 0 Å². The molecule has 1 aliphatic rings. The number of hydrogen-bond donors (Lipinski definition) is 0. The van der Waals surface area contributed by atoms with E-state index in [4.69, 9.17) is 0 Å². The molecule has 0 N–H and O–H groups in total. The normalized spacial score (nSPS) is 13.4. The Morgan fingerprint density at radius 3 is 2.79 bits per heavy atom. The molecule has 6 heteroatoms. The monoisotopic (exact) mass is 337 g/mol. The lowest BCUT2D eigenvalue weighted by atomic mass is 10.0. The molecule has 1 aromatic heterocycles. The number of carbonyl (C=O) groups is 1. The summed E-state index contributed by atoms with van der Waals surface area (Å²) >= 11 is 0. The van der Waals surface area contributed by atoms with E-state index in [2.05, 4.69) is 22.3 Å². The molecule has 120 valence electrons. The molecule has 0 spiro atoms. The summed E-state index contributed by atoms with van der Waals surface area (Å²) in [6.07, 6.45) is 3.87. The van der Waals surface area contributed by atoms with Crippen LogP contribution in [0.15, 0.2) is 53.9 Å². The van der Waals surface area contributed by atoms with Gasteiger partial charge in [0.15, 0.2) is 5.78 Å². The van der Waals surface area contributed by atoms with Crippen molar-refractivity contribution >= 4 is 16.6 Å². The average Bonchev–Trinajstić information content (AvgIpc) is 3.18. The molecule has 0 amide bonds. The number of ketones is 1. The van der Waals surface area contributed by atoms with Gasteiger partial charge in [-0.15, -0.1) is 10.2 Å². The molecular weight excluding hydrogens is 322 g/mol. The third kappa shape index (κ3) is 2.49. The zero-order valence-electron chi connectivity index (χ0n) is 13.1. The third-order valence-electron chi connectivity index (χ3n) is 4.27. The first-order valence-corrected chi connectivity index (χ1v) is 9.15. The quantitative estimate of drug-likeness (QED) is 0.537. The fraction of sp³-hybridized carbons (Fsp3) is 0.167. The van der Waals surface area contributed by atoms with Crippen LogP contribution in [0, 0.1) is 0 Å². The van der Waals surface area contributed by atoms with E-state index in [1.165, 1.54) is 29.3 Å². The van der Waals surface area contributed by atoms with E-state index in [9.17, 15) is 9.00 Å². The largest absolute Gasteiger partial charge is 0.299 e. The first-order chi connectivity index (χ1) is 11.6. The van der Waals surface area contributed by atoms with Crippen LogP contribution in [-0.4, -0.2) is 31.0 Å². The van der Waals surface area contributed by atoms with E-state index >= 15 is 0 Å². The molecule has 5 nitrogen and oxygen atoms in total. The maximum atomic E-state index is 12.6. The number of nitrogens with zero attached hydrogens (tertiary/aromatic N) is 3. The van der Waals surface area contributed by atoms with Gasteiger partial charge in [0.1, 0.15) is 6.33 Å². The lowest BCUT2D eigenvalue weighted by molar-refractivity contribution is 0.0969. The number of hydrogen-bond acceptors (Lipinski definition) is 4. The van der Waals surface area contributed by atoms with Crippen LogP contribution >= 0.6 is 0 Å². The summed E-state index contributed by atoms with van der Waals surface area (Å²) in [5.74, 6) is -0.0475. The van der Waals surface area contributed by atoms with Crippen LogP contribution in [0.4, 0.5) is 0 Å². The van der Waals surface area contributed by atoms with Crippen LogP contribution in [0.3, 0.4) is 0 Å².